The van der Waals surface area contributed by atoms with E-state index in [4.69, 9.17) is 9.89 Å². The molecule has 3 N–H and O–H groups in total. The van der Waals surface area contributed by atoms with E-state index in [1.54, 1.807) is 0 Å². The average Bonchev–Trinajstić information content (AvgIpc) is 2.10. The number of aliphatic carboxylic acids is 1. The van der Waals surface area contributed by atoms with Gasteiger partial charge in [0.05, 0.1) is 21.4 Å². The molecule has 0 saturated carbocycles. The quantitative estimate of drug-likeness (QED) is 0.466. The molecule has 0 aromatic rings. The number of carbonyl (C=O) groups is 1. The molecule has 10 heavy (non-hydrogen) atoms. The second-order valence-corrected chi connectivity index (χ2v) is 4.46. The second-order valence-electron chi connectivity index (χ2n) is 2.22. The van der Waals surface area contributed by atoms with Crippen LogP contribution in [0.4, 0.5) is 0 Å². The molecule has 0 aliphatic carbocycles. The Bertz CT molecular complexity index is 245. The fourth-order valence-corrected chi connectivity index (χ4v) is 2.17. The first-order valence-electron chi connectivity index (χ1n) is 2.72. The largest absolute Gasteiger partial charge is 0.480 e. The number of hydrogen-bond acceptors (Lipinski definition) is 4. The SMILES string of the molecule is N=S1(=O)CN[C@@H](C(=O)O)C1. The number of nitrogens with one attached hydrogen (secondary N) is 2. The summed E-state index contributed by atoms with van der Waals surface area (Å²) in [5.74, 6) is -1.09. The van der Waals surface area contributed by atoms with E-state index in [2.05, 4.69) is 5.32 Å². The van der Waals surface area contributed by atoms with Crippen LogP contribution >= 0.6 is 0 Å². The average molecular weight is 164 g/mol. The van der Waals surface area contributed by atoms with Gasteiger partial charge in [-0.25, -0.2) is 4.21 Å². The fraction of sp³-hybridized carbons (Fsp3) is 0.750. The van der Waals surface area contributed by atoms with Gasteiger partial charge in [0.1, 0.15) is 6.04 Å². The summed E-state index contributed by atoms with van der Waals surface area (Å²) in [5, 5.41) is 10.9. The van der Waals surface area contributed by atoms with Crippen LogP contribution in [0.5, 0.6) is 0 Å². The molecule has 58 valence electrons. The molecule has 6 heteroatoms. The zero-order chi connectivity index (χ0) is 7.78. The molecule has 2 atom stereocenters. The highest BCUT2D eigenvalue weighted by atomic mass is 32.2. The zero-order valence-electron chi connectivity index (χ0n) is 5.16. The minimum absolute atomic E-state index is 0.00394. The molecule has 1 rings (SSSR count). The van der Waals surface area contributed by atoms with Crippen molar-refractivity contribution >= 4 is 15.7 Å². The van der Waals surface area contributed by atoms with Gasteiger partial charge in [-0.1, -0.05) is 0 Å². The van der Waals surface area contributed by atoms with Gasteiger partial charge in [-0.2, -0.15) is 0 Å². The first kappa shape index (κ1) is 7.49. The molecule has 1 fully saturated rings. The smallest absolute Gasteiger partial charge is 0.321 e. The minimum atomic E-state index is -2.63. The van der Waals surface area contributed by atoms with Crippen molar-refractivity contribution < 1.29 is 14.1 Å². The van der Waals surface area contributed by atoms with Crippen LogP contribution in [0.15, 0.2) is 0 Å². The van der Waals surface area contributed by atoms with Gasteiger partial charge in [0.15, 0.2) is 0 Å². The number of rotatable bonds is 1. The van der Waals surface area contributed by atoms with Gasteiger partial charge in [-0.05, 0) is 0 Å². The van der Waals surface area contributed by atoms with E-state index in [9.17, 15) is 9.00 Å². The van der Waals surface area contributed by atoms with E-state index in [1.165, 1.54) is 0 Å². The van der Waals surface area contributed by atoms with Gasteiger partial charge in [0.25, 0.3) is 0 Å². The summed E-state index contributed by atoms with van der Waals surface area (Å²) in [7, 11) is -2.63. The summed E-state index contributed by atoms with van der Waals surface area (Å²) in [6.07, 6.45) is 0. The Morgan fingerprint density at radius 3 is 2.60 bits per heavy atom. The molecular weight excluding hydrogens is 156 g/mol. The van der Waals surface area contributed by atoms with Crippen LogP contribution in [-0.4, -0.2) is 33.0 Å². The van der Waals surface area contributed by atoms with Crippen LogP contribution in [0.1, 0.15) is 0 Å². The lowest BCUT2D eigenvalue weighted by Gasteiger charge is -1.98. The number of carboxylic acid groups (broad SMARTS) is 1. The third kappa shape index (κ3) is 1.45. The lowest BCUT2D eigenvalue weighted by atomic mass is 10.4. The van der Waals surface area contributed by atoms with Crippen LogP contribution in [0.2, 0.25) is 0 Å². The Morgan fingerprint density at radius 1 is 1.80 bits per heavy atom. The number of hydrogen-bond donors (Lipinski definition) is 3. The van der Waals surface area contributed by atoms with Crippen molar-refractivity contribution in [3.05, 3.63) is 0 Å². The van der Waals surface area contributed by atoms with Crippen LogP contribution in [0.3, 0.4) is 0 Å². The van der Waals surface area contributed by atoms with E-state index in [0.29, 0.717) is 0 Å². The predicted molar refractivity (Wildman–Crippen MR) is 35.2 cm³/mol. The van der Waals surface area contributed by atoms with Crippen molar-refractivity contribution in [2.24, 2.45) is 0 Å². The normalized spacial score (nSPS) is 39.8. The van der Waals surface area contributed by atoms with Gasteiger partial charge in [-0.3, -0.25) is 14.9 Å². The highest BCUT2D eigenvalue weighted by Gasteiger charge is 2.29. The molecule has 0 aromatic carbocycles. The van der Waals surface area contributed by atoms with E-state index in [1.807, 2.05) is 0 Å². The maximum Gasteiger partial charge on any atom is 0.321 e. The fourth-order valence-electron chi connectivity index (χ4n) is 0.781. The Morgan fingerprint density at radius 2 is 2.40 bits per heavy atom. The molecule has 5 nitrogen and oxygen atoms in total. The first-order valence-corrected chi connectivity index (χ1v) is 4.61. The Kier molecular flexibility index (Phi) is 1.65. The summed E-state index contributed by atoms with van der Waals surface area (Å²) in [4.78, 5) is 10.2. The Labute approximate surface area is 58.4 Å². The summed E-state index contributed by atoms with van der Waals surface area (Å²) >= 11 is 0. The number of carboxylic acids is 1. The molecular formula is C4H8N2O3S. The van der Waals surface area contributed by atoms with E-state index in [-0.39, 0.29) is 11.6 Å². The van der Waals surface area contributed by atoms with Crippen molar-refractivity contribution in [2.45, 2.75) is 6.04 Å². The van der Waals surface area contributed by atoms with Gasteiger partial charge in [-0.15, -0.1) is 0 Å². The topological polar surface area (TPSA) is 90.3 Å². The van der Waals surface area contributed by atoms with Crippen LogP contribution in [0.25, 0.3) is 0 Å². The molecule has 0 bridgehead atoms. The maximum atomic E-state index is 10.8. The van der Waals surface area contributed by atoms with Crippen molar-refractivity contribution in [3.63, 3.8) is 0 Å². The highest BCUT2D eigenvalue weighted by molar-refractivity contribution is 7.92. The summed E-state index contributed by atoms with van der Waals surface area (Å²) in [6.45, 7) is 0. The van der Waals surface area contributed by atoms with Gasteiger partial charge in [0.2, 0.25) is 0 Å². The summed E-state index contributed by atoms with van der Waals surface area (Å²) in [5.41, 5.74) is 0. The molecule has 1 heterocycles. The third-order valence-electron chi connectivity index (χ3n) is 1.30. The molecule has 1 saturated heterocycles. The molecule has 1 aliphatic rings. The van der Waals surface area contributed by atoms with Crippen LogP contribution in [0, 0.1) is 4.78 Å². The highest BCUT2D eigenvalue weighted by Crippen LogP contribution is 2.03. The van der Waals surface area contributed by atoms with E-state index < -0.39 is 21.7 Å². The monoisotopic (exact) mass is 164 g/mol. The molecule has 0 radical (unpaired) electrons. The standard InChI is InChI=1S/C4H8N2O3S/c5-10(9)1-3(4(7)8)6-2-10/h3,5-6H,1-2H2,(H,7,8)/t3-,10?/m1/s1. The molecule has 0 spiro atoms. The zero-order valence-corrected chi connectivity index (χ0v) is 5.98. The van der Waals surface area contributed by atoms with Crippen molar-refractivity contribution in [3.8, 4) is 0 Å². The van der Waals surface area contributed by atoms with Crippen molar-refractivity contribution in [1.29, 1.82) is 4.78 Å². The predicted octanol–water partition coefficient (Wildman–Crippen LogP) is -0.953. The summed E-state index contributed by atoms with van der Waals surface area (Å²) < 4.78 is 17.9. The lowest BCUT2D eigenvalue weighted by molar-refractivity contribution is -0.138. The Balaban J connectivity index is 2.69. The lowest BCUT2D eigenvalue weighted by Crippen LogP contribution is -2.32. The molecule has 0 amide bonds. The molecule has 1 unspecified atom stereocenters. The molecule has 1 aliphatic heterocycles. The second kappa shape index (κ2) is 2.21. The van der Waals surface area contributed by atoms with E-state index in [0.717, 1.165) is 0 Å². The first-order chi connectivity index (χ1) is 4.51. The van der Waals surface area contributed by atoms with Crippen LogP contribution in [-0.2, 0) is 14.5 Å². The maximum absolute atomic E-state index is 10.8. The van der Waals surface area contributed by atoms with Gasteiger partial charge >= 0.3 is 5.97 Å². The van der Waals surface area contributed by atoms with E-state index >= 15 is 0 Å². The van der Waals surface area contributed by atoms with Crippen molar-refractivity contribution in [1.82, 2.24) is 5.32 Å². The van der Waals surface area contributed by atoms with Gasteiger partial charge in [0, 0.05) is 0 Å². The van der Waals surface area contributed by atoms with Crippen molar-refractivity contribution in [2.75, 3.05) is 11.6 Å². The minimum Gasteiger partial charge on any atom is -0.480 e. The third-order valence-corrected chi connectivity index (χ3v) is 2.80. The Hall–Kier alpha value is -0.620. The van der Waals surface area contributed by atoms with Gasteiger partial charge < -0.3 is 5.11 Å². The summed E-state index contributed by atoms with van der Waals surface area (Å²) in [6, 6.07) is -0.787. The molecule has 0 aromatic heterocycles. The van der Waals surface area contributed by atoms with Crippen LogP contribution < -0.4 is 5.32 Å².